The van der Waals surface area contributed by atoms with E-state index in [2.05, 4.69) is 5.43 Å². The molecule has 0 aromatic heterocycles. The lowest BCUT2D eigenvalue weighted by Crippen LogP contribution is -2.63. The highest BCUT2D eigenvalue weighted by Crippen LogP contribution is 2.28. The molecule has 0 saturated carbocycles. The Morgan fingerprint density at radius 3 is 2.10 bits per heavy atom. The van der Waals surface area contributed by atoms with E-state index in [4.69, 9.17) is 9.47 Å². The topological polar surface area (TPSA) is 105 Å². The summed E-state index contributed by atoms with van der Waals surface area (Å²) in [6.45, 7) is 11.4. The van der Waals surface area contributed by atoms with Crippen LogP contribution < -0.4 is 5.43 Å². The summed E-state index contributed by atoms with van der Waals surface area (Å²) < 4.78 is 10.6. The molecular weight excluding hydrogens is 402 g/mol. The molecule has 1 N–H and O–H groups in total. The van der Waals surface area contributed by atoms with Crippen LogP contribution in [-0.2, 0) is 25.6 Å². The average Bonchev–Trinajstić information content (AvgIpc) is 2.82. The van der Waals surface area contributed by atoms with E-state index in [0.717, 1.165) is 10.6 Å². The number of amides is 3. The molecule has 1 atom stereocenters. The van der Waals surface area contributed by atoms with Crippen LogP contribution in [0.5, 0.6) is 0 Å². The maximum absolute atomic E-state index is 13.0. The van der Waals surface area contributed by atoms with Crippen LogP contribution in [0.2, 0.25) is 0 Å². The predicted octanol–water partition coefficient (Wildman–Crippen LogP) is 3.03. The fraction of sp³-hybridized carbons (Fsp3) is 0.545. The van der Waals surface area contributed by atoms with Crippen LogP contribution in [0.15, 0.2) is 30.3 Å². The zero-order valence-electron chi connectivity index (χ0n) is 19.1. The summed E-state index contributed by atoms with van der Waals surface area (Å²) in [6.07, 6.45) is -1.91. The van der Waals surface area contributed by atoms with Gasteiger partial charge in [0.15, 0.2) is 5.54 Å². The van der Waals surface area contributed by atoms with Crippen LogP contribution in [0, 0.1) is 0 Å². The van der Waals surface area contributed by atoms with Crippen molar-refractivity contribution in [3.05, 3.63) is 35.9 Å². The first-order chi connectivity index (χ1) is 14.1. The Bertz CT molecular complexity index is 856. The molecule has 0 aliphatic carbocycles. The van der Waals surface area contributed by atoms with E-state index in [1.165, 1.54) is 11.8 Å². The van der Waals surface area contributed by atoms with Gasteiger partial charge in [0.05, 0.1) is 6.54 Å². The molecule has 1 aliphatic rings. The van der Waals surface area contributed by atoms with E-state index >= 15 is 0 Å². The highest BCUT2D eigenvalue weighted by atomic mass is 16.6. The molecule has 1 heterocycles. The molecule has 1 saturated heterocycles. The molecule has 0 radical (unpaired) electrons. The number of hydrazine groups is 1. The normalized spacial score (nSPS) is 19.3. The summed E-state index contributed by atoms with van der Waals surface area (Å²) in [7, 11) is 0. The Morgan fingerprint density at radius 1 is 1.03 bits per heavy atom. The number of nitrogens with one attached hydrogen (secondary N) is 1. The SMILES string of the molecule is CC(C)(C)OC(=O)NN(C(=O)OC(C)(C)C)[C@]1(C)CN(Cc2ccccc2)C(=O)C1=O. The number of rotatable bonds is 3. The van der Waals surface area contributed by atoms with Crippen molar-refractivity contribution in [2.75, 3.05) is 6.54 Å². The van der Waals surface area contributed by atoms with Gasteiger partial charge in [0.25, 0.3) is 5.91 Å². The molecule has 1 fully saturated rings. The van der Waals surface area contributed by atoms with Crippen molar-refractivity contribution >= 4 is 23.9 Å². The van der Waals surface area contributed by atoms with Crippen molar-refractivity contribution in [3.63, 3.8) is 0 Å². The second kappa shape index (κ2) is 8.56. The molecule has 0 unspecified atom stereocenters. The van der Waals surface area contributed by atoms with Gasteiger partial charge in [-0.3, -0.25) is 9.59 Å². The maximum Gasteiger partial charge on any atom is 0.430 e. The Morgan fingerprint density at radius 2 is 1.58 bits per heavy atom. The van der Waals surface area contributed by atoms with Crippen LogP contribution >= 0.6 is 0 Å². The number of ether oxygens (including phenoxy) is 2. The van der Waals surface area contributed by atoms with Crippen LogP contribution in [0.1, 0.15) is 54.0 Å². The molecule has 31 heavy (non-hydrogen) atoms. The number of ketones is 1. The van der Waals surface area contributed by atoms with Crippen LogP contribution in [0.3, 0.4) is 0 Å². The van der Waals surface area contributed by atoms with Crippen molar-refractivity contribution in [2.45, 2.75) is 71.8 Å². The number of likely N-dealkylation sites (tertiary alicyclic amines) is 1. The van der Waals surface area contributed by atoms with Crippen molar-refractivity contribution in [3.8, 4) is 0 Å². The summed E-state index contributed by atoms with van der Waals surface area (Å²) in [4.78, 5) is 52.3. The number of carbonyl (C=O) groups is 4. The zero-order valence-corrected chi connectivity index (χ0v) is 19.1. The van der Waals surface area contributed by atoms with Crippen molar-refractivity contribution in [1.82, 2.24) is 15.3 Å². The molecule has 0 bridgehead atoms. The summed E-state index contributed by atoms with van der Waals surface area (Å²) in [5, 5.41) is 0.761. The summed E-state index contributed by atoms with van der Waals surface area (Å²) in [5.41, 5.74) is -0.259. The molecule has 9 heteroatoms. The smallest absolute Gasteiger partial charge is 0.430 e. The van der Waals surface area contributed by atoms with E-state index in [1.807, 2.05) is 30.3 Å². The predicted molar refractivity (Wildman–Crippen MR) is 113 cm³/mol. The van der Waals surface area contributed by atoms with Crippen molar-refractivity contribution in [2.24, 2.45) is 0 Å². The molecule has 2 rings (SSSR count). The highest BCUT2D eigenvalue weighted by Gasteiger charge is 2.55. The van der Waals surface area contributed by atoms with E-state index in [-0.39, 0.29) is 13.1 Å². The Hall–Kier alpha value is -3.10. The van der Waals surface area contributed by atoms with Gasteiger partial charge in [0.2, 0.25) is 5.78 Å². The standard InChI is InChI=1S/C22H31N3O6/c1-20(2,3)30-18(28)23-25(19(29)31-21(4,5)6)22(7)14-24(17(27)16(22)26)13-15-11-9-8-10-12-15/h8-12H,13-14H2,1-7H3,(H,23,28)/t22-/m1/s1. The second-order valence-electron chi connectivity index (χ2n) is 9.68. The maximum atomic E-state index is 13.0. The van der Waals surface area contributed by atoms with Gasteiger partial charge in [-0.05, 0) is 54.0 Å². The van der Waals surface area contributed by atoms with E-state index in [1.54, 1.807) is 41.5 Å². The van der Waals surface area contributed by atoms with Gasteiger partial charge in [-0.2, -0.15) is 0 Å². The number of Topliss-reactive ketones (excluding diaryl/α,β-unsaturated/α-hetero) is 1. The van der Waals surface area contributed by atoms with Crippen LogP contribution in [0.4, 0.5) is 9.59 Å². The first-order valence-electron chi connectivity index (χ1n) is 10.0. The monoisotopic (exact) mass is 433 g/mol. The van der Waals surface area contributed by atoms with Crippen molar-refractivity contribution < 1.29 is 28.7 Å². The molecule has 1 aromatic carbocycles. The highest BCUT2D eigenvalue weighted by molar-refractivity contribution is 6.41. The minimum Gasteiger partial charge on any atom is -0.443 e. The third kappa shape index (κ3) is 6.19. The third-order valence-corrected chi connectivity index (χ3v) is 4.36. The average molecular weight is 434 g/mol. The molecule has 1 aromatic rings. The Balaban J connectivity index is 2.33. The summed E-state index contributed by atoms with van der Waals surface area (Å²) >= 11 is 0. The molecule has 1 aliphatic heterocycles. The molecule has 3 amide bonds. The summed E-state index contributed by atoms with van der Waals surface area (Å²) in [6, 6.07) is 9.16. The number of hydrogen-bond donors (Lipinski definition) is 1. The lowest BCUT2D eigenvalue weighted by molar-refractivity contribution is -0.143. The van der Waals surface area contributed by atoms with E-state index in [9.17, 15) is 19.2 Å². The Labute approximate surface area is 182 Å². The lowest BCUT2D eigenvalue weighted by Gasteiger charge is -2.37. The quantitative estimate of drug-likeness (QED) is 0.580. The fourth-order valence-corrected chi connectivity index (χ4v) is 3.06. The van der Waals surface area contributed by atoms with Crippen LogP contribution in [-0.4, -0.2) is 57.1 Å². The van der Waals surface area contributed by atoms with Gasteiger partial charge >= 0.3 is 12.2 Å². The van der Waals surface area contributed by atoms with E-state index < -0.39 is 40.6 Å². The van der Waals surface area contributed by atoms with Crippen LogP contribution in [0.25, 0.3) is 0 Å². The van der Waals surface area contributed by atoms with Gasteiger partial charge < -0.3 is 14.4 Å². The first-order valence-corrected chi connectivity index (χ1v) is 10.0. The number of hydrogen-bond acceptors (Lipinski definition) is 6. The minimum atomic E-state index is -1.68. The fourth-order valence-electron chi connectivity index (χ4n) is 3.06. The largest absolute Gasteiger partial charge is 0.443 e. The zero-order chi connectivity index (χ0) is 23.6. The number of carbonyl (C=O) groups excluding carboxylic acids is 4. The number of benzene rings is 1. The van der Waals surface area contributed by atoms with E-state index in [0.29, 0.717) is 0 Å². The summed E-state index contributed by atoms with van der Waals surface area (Å²) in [5.74, 6) is -1.57. The van der Waals surface area contributed by atoms with Gasteiger partial charge in [0, 0.05) is 6.54 Å². The lowest BCUT2D eigenvalue weighted by atomic mass is 9.99. The van der Waals surface area contributed by atoms with Gasteiger partial charge in [-0.25, -0.2) is 20.0 Å². The second-order valence-corrected chi connectivity index (χ2v) is 9.68. The van der Waals surface area contributed by atoms with Crippen molar-refractivity contribution in [1.29, 1.82) is 0 Å². The Kier molecular flexibility index (Phi) is 6.68. The molecule has 0 spiro atoms. The molecule has 9 nitrogen and oxygen atoms in total. The molecular formula is C22H31N3O6. The third-order valence-electron chi connectivity index (χ3n) is 4.36. The van der Waals surface area contributed by atoms with Gasteiger partial charge in [-0.15, -0.1) is 0 Å². The van der Waals surface area contributed by atoms with Gasteiger partial charge in [-0.1, -0.05) is 30.3 Å². The number of nitrogens with zero attached hydrogens (tertiary/aromatic N) is 2. The first kappa shape index (κ1) is 24.2. The molecule has 170 valence electrons. The van der Waals surface area contributed by atoms with Gasteiger partial charge in [0.1, 0.15) is 11.2 Å². The minimum absolute atomic E-state index is 0.116.